The van der Waals surface area contributed by atoms with Crippen LogP contribution in [-0.4, -0.2) is 91.1 Å². The van der Waals surface area contributed by atoms with Crippen LogP contribution in [0.5, 0.6) is 0 Å². The van der Waals surface area contributed by atoms with Crippen LogP contribution in [0.4, 0.5) is 0 Å². The number of piperazine rings is 1. The van der Waals surface area contributed by atoms with Crippen molar-refractivity contribution in [2.75, 3.05) is 46.0 Å². The molecule has 3 saturated heterocycles. The maximum Gasteiger partial charge on any atom is 0.243 e. The lowest BCUT2D eigenvalue weighted by Gasteiger charge is -2.50. The number of carbonyl (C=O) groups is 1. The van der Waals surface area contributed by atoms with Crippen molar-refractivity contribution in [3.63, 3.8) is 0 Å². The van der Waals surface area contributed by atoms with Crippen LogP contribution in [0.1, 0.15) is 18.4 Å². The summed E-state index contributed by atoms with van der Waals surface area (Å²) in [5.41, 5.74) is 0.740. The molecule has 0 saturated carbocycles. The molecule has 7 nitrogen and oxygen atoms in total. The molecule has 3 heterocycles. The standard InChI is InChI=1S/C19H28N4O3S/c1-20-12-13-22-17(15-20)18(24)23(14-16-6-4-3-5-7-16)19(22)8-10-21(11-9-19)27(2,25)26/h3-7,17H,8-15H2,1-2H3/t17-/m1/s1. The second-order valence-electron chi connectivity index (χ2n) is 8.03. The molecule has 0 radical (unpaired) electrons. The van der Waals surface area contributed by atoms with Crippen molar-refractivity contribution in [1.29, 1.82) is 0 Å². The van der Waals surface area contributed by atoms with Gasteiger partial charge in [-0.2, -0.15) is 0 Å². The average molecular weight is 393 g/mol. The Hall–Kier alpha value is -1.48. The normalized spacial score (nSPS) is 27.3. The van der Waals surface area contributed by atoms with E-state index in [4.69, 9.17) is 0 Å². The molecule has 0 N–H and O–H groups in total. The van der Waals surface area contributed by atoms with Crippen molar-refractivity contribution < 1.29 is 13.2 Å². The highest BCUT2D eigenvalue weighted by Gasteiger charge is 2.58. The number of rotatable bonds is 3. The molecule has 1 amide bonds. The Balaban J connectivity index is 1.66. The average Bonchev–Trinajstić information content (AvgIpc) is 2.85. The molecular weight excluding hydrogens is 364 g/mol. The van der Waals surface area contributed by atoms with Gasteiger partial charge >= 0.3 is 0 Å². The number of sulfonamides is 1. The van der Waals surface area contributed by atoms with Gasteiger partial charge in [-0.25, -0.2) is 12.7 Å². The third-order valence-electron chi connectivity index (χ3n) is 6.35. The van der Waals surface area contributed by atoms with Gasteiger partial charge in [-0.3, -0.25) is 9.69 Å². The van der Waals surface area contributed by atoms with Crippen LogP contribution in [0.15, 0.2) is 30.3 Å². The summed E-state index contributed by atoms with van der Waals surface area (Å²) in [4.78, 5) is 20.0. The van der Waals surface area contributed by atoms with E-state index in [0.717, 1.165) is 25.2 Å². The zero-order valence-corrected chi connectivity index (χ0v) is 16.9. The highest BCUT2D eigenvalue weighted by Crippen LogP contribution is 2.42. The fourth-order valence-electron chi connectivity index (χ4n) is 4.89. The van der Waals surface area contributed by atoms with Crippen molar-refractivity contribution >= 4 is 15.9 Å². The summed E-state index contributed by atoms with van der Waals surface area (Å²) in [6, 6.07) is 9.95. The van der Waals surface area contributed by atoms with Gasteiger partial charge in [0.15, 0.2) is 0 Å². The number of hydrogen-bond donors (Lipinski definition) is 0. The van der Waals surface area contributed by atoms with Crippen LogP contribution in [0.2, 0.25) is 0 Å². The summed E-state index contributed by atoms with van der Waals surface area (Å²) in [6.07, 6.45) is 2.60. The monoisotopic (exact) mass is 392 g/mol. The number of hydrogen-bond acceptors (Lipinski definition) is 5. The first-order chi connectivity index (χ1) is 12.8. The van der Waals surface area contributed by atoms with Crippen LogP contribution < -0.4 is 0 Å². The molecule has 8 heteroatoms. The molecule has 3 fully saturated rings. The minimum atomic E-state index is -3.20. The van der Waals surface area contributed by atoms with E-state index < -0.39 is 10.0 Å². The van der Waals surface area contributed by atoms with E-state index in [0.29, 0.717) is 32.5 Å². The predicted octanol–water partition coefficient (Wildman–Crippen LogP) is 0.397. The van der Waals surface area contributed by atoms with Gasteiger partial charge in [-0.15, -0.1) is 0 Å². The van der Waals surface area contributed by atoms with Crippen molar-refractivity contribution in [3.8, 4) is 0 Å². The molecule has 3 aliphatic rings. The number of benzene rings is 1. The number of nitrogens with zero attached hydrogens (tertiary/aromatic N) is 4. The van der Waals surface area contributed by atoms with Crippen LogP contribution >= 0.6 is 0 Å². The zero-order valence-electron chi connectivity index (χ0n) is 16.0. The first-order valence-corrected chi connectivity index (χ1v) is 11.4. The quantitative estimate of drug-likeness (QED) is 0.745. The Morgan fingerprint density at radius 1 is 1.07 bits per heavy atom. The number of amides is 1. The summed E-state index contributed by atoms with van der Waals surface area (Å²) >= 11 is 0. The van der Waals surface area contributed by atoms with Crippen LogP contribution in [-0.2, 0) is 21.4 Å². The van der Waals surface area contributed by atoms with Crippen molar-refractivity contribution in [3.05, 3.63) is 35.9 Å². The fourth-order valence-corrected chi connectivity index (χ4v) is 5.74. The van der Waals surface area contributed by atoms with Gasteiger partial charge in [0.25, 0.3) is 0 Å². The van der Waals surface area contributed by atoms with Gasteiger partial charge in [0, 0.05) is 39.3 Å². The Kier molecular flexibility index (Phi) is 4.78. The van der Waals surface area contributed by atoms with E-state index in [1.807, 2.05) is 23.1 Å². The van der Waals surface area contributed by atoms with Crippen LogP contribution in [0.25, 0.3) is 0 Å². The van der Waals surface area contributed by atoms with E-state index in [1.165, 1.54) is 6.26 Å². The fraction of sp³-hybridized carbons (Fsp3) is 0.632. The van der Waals surface area contributed by atoms with E-state index in [9.17, 15) is 13.2 Å². The van der Waals surface area contributed by atoms with Crippen molar-refractivity contribution in [1.82, 2.24) is 19.0 Å². The first kappa shape index (κ1) is 18.9. The zero-order chi connectivity index (χ0) is 19.2. The third kappa shape index (κ3) is 3.29. The molecule has 3 aliphatic heterocycles. The summed E-state index contributed by atoms with van der Waals surface area (Å²) in [5.74, 6) is 0.179. The van der Waals surface area contributed by atoms with E-state index in [-0.39, 0.29) is 17.6 Å². The summed E-state index contributed by atoms with van der Waals surface area (Å²) in [6.45, 7) is 4.03. The van der Waals surface area contributed by atoms with E-state index in [2.05, 4.69) is 29.0 Å². The molecule has 0 aliphatic carbocycles. The van der Waals surface area contributed by atoms with E-state index in [1.54, 1.807) is 4.31 Å². The number of piperidine rings is 1. The number of likely N-dealkylation sites (N-methyl/N-ethyl adjacent to an activating group) is 1. The van der Waals surface area contributed by atoms with Crippen molar-refractivity contribution in [2.24, 2.45) is 0 Å². The van der Waals surface area contributed by atoms with Gasteiger partial charge in [-0.1, -0.05) is 30.3 Å². The molecule has 0 unspecified atom stereocenters. The minimum Gasteiger partial charge on any atom is -0.318 e. The third-order valence-corrected chi connectivity index (χ3v) is 7.65. The van der Waals surface area contributed by atoms with Gasteiger partial charge in [0.1, 0.15) is 6.04 Å². The molecule has 4 rings (SSSR count). The maximum absolute atomic E-state index is 13.4. The summed E-state index contributed by atoms with van der Waals surface area (Å²) in [7, 11) is -1.14. The lowest BCUT2D eigenvalue weighted by molar-refractivity contribution is -0.134. The highest BCUT2D eigenvalue weighted by molar-refractivity contribution is 7.88. The molecule has 0 aromatic heterocycles. The Morgan fingerprint density at radius 2 is 1.74 bits per heavy atom. The molecule has 27 heavy (non-hydrogen) atoms. The summed E-state index contributed by atoms with van der Waals surface area (Å²) < 4.78 is 25.5. The highest BCUT2D eigenvalue weighted by atomic mass is 32.2. The Morgan fingerprint density at radius 3 is 2.37 bits per heavy atom. The molecule has 1 spiro atoms. The molecular formula is C19H28N4O3S. The Bertz CT molecular complexity index is 806. The molecule has 1 atom stereocenters. The van der Waals surface area contributed by atoms with Crippen LogP contribution in [0, 0.1) is 0 Å². The topological polar surface area (TPSA) is 64.2 Å². The molecule has 0 bridgehead atoms. The Labute approximate surface area is 161 Å². The van der Waals surface area contributed by atoms with Crippen LogP contribution in [0.3, 0.4) is 0 Å². The number of carbonyl (C=O) groups excluding carboxylic acids is 1. The number of fused-ring (bicyclic) bond motifs is 2. The maximum atomic E-state index is 13.4. The van der Waals surface area contributed by atoms with Gasteiger partial charge in [0.2, 0.25) is 15.9 Å². The molecule has 148 valence electrons. The van der Waals surface area contributed by atoms with Crippen molar-refractivity contribution in [2.45, 2.75) is 31.1 Å². The second-order valence-corrected chi connectivity index (χ2v) is 10.0. The minimum absolute atomic E-state index is 0.128. The first-order valence-electron chi connectivity index (χ1n) is 9.57. The smallest absolute Gasteiger partial charge is 0.243 e. The lowest BCUT2D eigenvalue weighted by atomic mass is 9.94. The molecule has 1 aromatic carbocycles. The lowest BCUT2D eigenvalue weighted by Crippen LogP contribution is -2.63. The second kappa shape index (κ2) is 6.84. The van der Waals surface area contributed by atoms with E-state index >= 15 is 0 Å². The van der Waals surface area contributed by atoms with Gasteiger partial charge in [0.05, 0.1) is 11.9 Å². The predicted molar refractivity (Wildman–Crippen MR) is 103 cm³/mol. The van der Waals surface area contributed by atoms with Gasteiger partial charge < -0.3 is 9.80 Å². The summed E-state index contributed by atoms with van der Waals surface area (Å²) in [5, 5.41) is 0. The van der Waals surface area contributed by atoms with Gasteiger partial charge in [-0.05, 0) is 25.5 Å². The SMILES string of the molecule is CN1CCN2[C@H](C1)C(=O)N(Cc1ccccc1)C21CCN(S(C)(=O)=O)CC1. The largest absolute Gasteiger partial charge is 0.318 e. The molecule has 1 aromatic rings.